The van der Waals surface area contributed by atoms with Crippen molar-refractivity contribution in [3.63, 3.8) is 0 Å². The van der Waals surface area contributed by atoms with Gasteiger partial charge >= 0.3 is 11.7 Å². The molecule has 0 bridgehead atoms. The molecule has 0 radical (unpaired) electrons. The maximum atomic E-state index is 13.0. The third-order valence-corrected chi connectivity index (χ3v) is 5.70. The number of nitrogens with zero attached hydrogens (tertiary/aromatic N) is 3. The summed E-state index contributed by atoms with van der Waals surface area (Å²) in [5.74, 6) is -0.833. The van der Waals surface area contributed by atoms with Crippen molar-refractivity contribution in [3.05, 3.63) is 34.8 Å². The van der Waals surface area contributed by atoms with Crippen molar-refractivity contribution >= 4 is 23.0 Å². The topological polar surface area (TPSA) is 85.0 Å². The standard InChI is InChI=1S/C22H31N3O5/c1-3-23-13-7-8-17(23)16-24(14-12-21(27)29-4-2)20(26)11-15-25-18-9-5-6-10-19(18)30-22(25)28/h5-6,9-10,17H,3-4,7-8,11-16H2,1-2H3. The van der Waals surface area contributed by atoms with Gasteiger partial charge < -0.3 is 14.1 Å². The number of para-hydroxylation sites is 2. The van der Waals surface area contributed by atoms with Crippen molar-refractivity contribution in [2.45, 2.75) is 52.1 Å². The van der Waals surface area contributed by atoms with Crippen LogP contribution in [0.2, 0.25) is 0 Å². The summed E-state index contributed by atoms with van der Waals surface area (Å²) in [5, 5.41) is 0. The summed E-state index contributed by atoms with van der Waals surface area (Å²) in [6, 6.07) is 7.49. The number of amides is 1. The summed E-state index contributed by atoms with van der Waals surface area (Å²) < 4.78 is 11.8. The quantitative estimate of drug-likeness (QED) is 0.551. The molecule has 8 heteroatoms. The predicted octanol–water partition coefficient (Wildman–Crippen LogP) is 2.25. The molecule has 2 heterocycles. The highest BCUT2D eigenvalue weighted by Crippen LogP contribution is 2.19. The number of carbonyl (C=O) groups is 2. The number of likely N-dealkylation sites (tertiary alicyclic amines) is 1. The number of fused-ring (bicyclic) bond motifs is 1. The molecule has 1 unspecified atom stereocenters. The van der Waals surface area contributed by atoms with Gasteiger partial charge in [-0.05, 0) is 45.0 Å². The lowest BCUT2D eigenvalue weighted by molar-refractivity contribution is -0.144. The van der Waals surface area contributed by atoms with E-state index in [1.165, 1.54) is 4.57 Å². The number of esters is 1. The average Bonchev–Trinajstić information content (AvgIpc) is 3.32. The Bertz CT molecular complexity index is 919. The number of aromatic nitrogens is 1. The molecule has 1 atom stereocenters. The molecule has 1 saturated heterocycles. The minimum atomic E-state index is -0.463. The van der Waals surface area contributed by atoms with Crippen molar-refractivity contribution in [3.8, 4) is 0 Å². The molecule has 1 aromatic heterocycles. The van der Waals surface area contributed by atoms with Gasteiger partial charge in [0.05, 0.1) is 18.5 Å². The van der Waals surface area contributed by atoms with Gasteiger partial charge in [-0.25, -0.2) is 4.79 Å². The van der Waals surface area contributed by atoms with Crippen LogP contribution in [0.25, 0.3) is 11.1 Å². The highest BCUT2D eigenvalue weighted by molar-refractivity contribution is 5.78. The zero-order chi connectivity index (χ0) is 21.5. The van der Waals surface area contributed by atoms with Gasteiger partial charge in [-0.1, -0.05) is 19.1 Å². The fourth-order valence-electron chi connectivity index (χ4n) is 4.14. The van der Waals surface area contributed by atoms with Gasteiger partial charge in [0.15, 0.2) is 5.58 Å². The van der Waals surface area contributed by atoms with Crippen LogP contribution in [0.5, 0.6) is 0 Å². The maximum Gasteiger partial charge on any atom is 0.419 e. The number of hydrogen-bond donors (Lipinski definition) is 0. The van der Waals surface area contributed by atoms with Crippen LogP contribution in [-0.4, -0.2) is 65.1 Å². The van der Waals surface area contributed by atoms with Crippen molar-refractivity contribution in [2.75, 3.05) is 32.8 Å². The van der Waals surface area contributed by atoms with Gasteiger partial charge in [-0.2, -0.15) is 0 Å². The molecular weight excluding hydrogens is 386 g/mol. The largest absolute Gasteiger partial charge is 0.466 e. The Morgan fingerprint density at radius 3 is 2.80 bits per heavy atom. The number of rotatable bonds is 10. The number of benzene rings is 1. The van der Waals surface area contributed by atoms with E-state index in [1.54, 1.807) is 30.0 Å². The molecule has 0 saturated carbocycles. The van der Waals surface area contributed by atoms with Crippen LogP contribution < -0.4 is 5.76 Å². The number of oxazole rings is 1. The average molecular weight is 418 g/mol. The van der Waals surface area contributed by atoms with Gasteiger partial charge in [-0.15, -0.1) is 0 Å². The summed E-state index contributed by atoms with van der Waals surface area (Å²) in [6.45, 7) is 7.37. The van der Waals surface area contributed by atoms with Crippen LogP contribution in [0, 0.1) is 0 Å². The lowest BCUT2D eigenvalue weighted by atomic mass is 10.2. The number of aryl methyl sites for hydroxylation is 1. The molecule has 0 aliphatic carbocycles. The first-order valence-corrected chi connectivity index (χ1v) is 10.8. The summed E-state index contributed by atoms with van der Waals surface area (Å²) in [5.41, 5.74) is 1.19. The van der Waals surface area contributed by atoms with Gasteiger partial charge in [0, 0.05) is 32.1 Å². The number of carbonyl (C=O) groups excluding carboxylic acids is 2. The van der Waals surface area contributed by atoms with E-state index in [-0.39, 0.29) is 31.3 Å². The van der Waals surface area contributed by atoms with E-state index < -0.39 is 5.76 Å². The zero-order valence-corrected chi connectivity index (χ0v) is 17.8. The fraction of sp³-hybridized carbons (Fsp3) is 0.591. The molecular formula is C22H31N3O5. The predicted molar refractivity (Wildman–Crippen MR) is 113 cm³/mol. The first kappa shape index (κ1) is 22.1. The van der Waals surface area contributed by atoms with E-state index >= 15 is 0 Å². The molecule has 1 aliphatic heterocycles. The van der Waals surface area contributed by atoms with Gasteiger partial charge in [0.1, 0.15) is 0 Å². The Kier molecular flexibility index (Phi) is 7.68. The Balaban J connectivity index is 1.67. The Morgan fingerprint density at radius 2 is 2.03 bits per heavy atom. The van der Waals surface area contributed by atoms with E-state index in [0.717, 1.165) is 25.9 Å². The number of hydrogen-bond acceptors (Lipinski definition) is 6. The van der Waals surface area contributed by atoms with E-state index in [4.69, 9.17) is 9.15 Å². The van der Waals surface area contributed by atoms with Crippen molar-refractivity contribution in [1.82, 2.24) is 14.4 Å². The summed E-state index contributed by atoms with van der Waals surface area (Å²) in [6.07, 6.45) is 2.51. The highest BCUT2D eigenvalue weighted by Gasteiger charge is 2.27. The van der Waals surface area contributed by atoms with Gasteiger partial charge in [0.2, 0.25) is 5.91 Å². The normalized spacial score (nSPS) is 16.8. The van der Waals surface area contributed by atoms with Gasteiger partial charge in [-0.3, -0.25) is 19.1 Å². The second kappa shape index (κ2) is 10.4. The first-order valence-electron chi connectivity index (χ1n) is 10.8. The van der Waals surface area contributed by atoms with E-state index in [1.807, 2.05) is 6.07 Å². The van der Waals surface area contributed by atoms with Crippen LogP contribution in [0.1, 0.15) is 39.5 Å². The Hall–Kier alpha value is -2.61. The molecule has 3 rings (SSSR count). The van der Waals surface area contributed by atoms with Crippen LogP contribution >= 0.6 is 0 Å². The minimum absolute atomic E-state index is 0.0700. The lowest BCUT2D eigenvalue weighted by Crippen LogP contribution is -2.44. The number of likely N-dealkylation sites (N-methyl/N-ethyl adjacent to an activating group) is 1. The second-order valence-electron chi connectivity index (χ2n) is 7.56. The SMILES string of the molecule is CCOC(=O)CCN(CC1CCCN1CC)C(=O)CCn1c(=O)oc2ccccc21. The summed E-state index contributed by atoms with van der Waals surface area (Å²) in [4.78, 5) is 41.2. The van der Waals surface area contributed by atoms with E-state index in [0.29, 0.717) is 36.8 Å². The third-order valence-electron chi connectivity index (χ3n) is 5.70. The molecule has 30 heavy (non-hydrogen) atoms. The monoisotopic (exact) mass is 417 g/mol. The Morgan fingerprint density at radius 1 is 1.23 bits per heavy atom. The molecule has 0 N–H and O–H groups in total. The molecule has 8 nitrogen and oxygen atoms in total. The van der Waals surface area contributed by atoms with Crippen LogP contribution in [0.3, 0.4) is 0 Å². The molecule has 164 valence electrons. The van der Waals surface area contributed by atoms with E-state index in [9.17, 15) is 14.4 Å². The lowest BCUT2D eigenvalue weighted by Gasteiger charge is -2.30. The first-order chi connectivity index (χ1) is 14.5. The van der Waals surface area contributed by atoms with E-state index in [2.05, 4.69) is 11.8 Å². The third kappa shape index (κ3) is 5.30. The van der Waals surface area contributed by atoms with Gasteiger partial charge in [0.25, 0.3) is 0 Å². The molecule has 1 amide bonds. The minimum Gasteiger partial charge on any atom is -0.466 e. The fourth-order valence-corrected chi connectivity index (χ4v) is 4.14. The zero-order valence-electron chi connectivity index (χ0n) is 17.8. The Labute approximate surface area is 176 Å². The van der Waals surface area contributed by atoms with Crippen LogP contribution in [0.4, 0.5) is 0 Å². The number of ether oxygens (including phenoxy) is 1. The summed E-state index contributed by atoms with van der Waals surface area (Å²) in [7, 11) is 0. The van der Waals surface area contributed by atoms with Crippen molar-refractivity contribution < 1.29 is 18.7 Å². The smallest absolute Gasteiger partial charge is 0.419 e. The maximum absolute atomic E-state index is 13.0. The van der Waals surface area contributed by atoms with Crippen LogP contribution in [-0.2, 0) is 20.9 Å². The van der Waals surface area contributed by atoms with Crippen molar-refractivity contribution in [2.24, 2.45) is 0 Å². The molecule has 0 spiro atoms. The molecule has 1 fully saturated rings. The van der Waals surface area contributed by atoms with Crippen molar-refractivity contribution in [1.29, 1.82) is 0 Å². The highest BCUT2D eigenvalue weighted by atomic mass is 16.5. The van der Waals surface area contributed by atoms with Crippen LogP contribution in [0.15, 0.2) is 33.5 Å². The molecule has 1 aromatic carbocycles. The second-order valence-corrected chi connectivity index (χ2v) is 7.56. The molecule has 2 aromatic rings. The molecule has 1 aliphatic rings. The summed E-state index contributed by atoms with van der Waals surface area (Å²) >= 11 is 0.